The van der Waals surface area contributed by atoms with Crippen LogP contribution in [0.2, 0.25) is 0 Å². The van der Waals surface area contributed by atoms with Crippen molar-refractivity contribution in [2.75, 3.05) is 18.1 Å². The van der Waals surface area contributed by atoms with Crippen LogP contribution >= 0.6 is 12.4 Å². The number of carbonyl (C=O) groups excluding carboxylic acids is 1. The quantitative estimate of drug-likeness (QED) is 0.762. The lowest BCUT2D eigenvalue weighted by Crippen LogP contribution is -2.48. The van der Waals surface area contributed by atoms with Crippen LogP contribution in [0.4, 0.5) is 0 Å². The zero-order chi connectivity index (χ0) is 14.5. The molecule has 0 aromatic heterocycles. The molecule has 0 spiro atoms. The second kappa shape index (κ2) is 8.76. The van der Waals surface area contributed by atoms with Gasteiger partial charge in [0.15, 0.2) is 9.84 Å². The molecule has 0 aromatic rings. The Hall–Kier alpha value is -0.330. The molecule has 116 valence electrons. The van der Waals surface area contributed by atoms with Gasteiger partial charge < -0.3 is 10.6 Å². The fraction of sp³-hybridized carbons (Fsp3) is 0.917. The molecule has 3 unspecified atom stereocenters. The van der Waals surface area contributed by atoms with E-state index in [1.54, 1.807) is 32.6 Å². The summed E-state index contributed by atoms with van der Waals surface area (Å²) < 4.78 is 23.2. The molecule has 0 aromatic carbocycles. The molecule has 0 saturated heterocycles. The summed E-state index contributed by atoms with van der Waals surface area (Å²) in [6.45, 7) is 9.28. The highest BCUT2D eigenvalue weighted by atomic mass is 35.5. The molecular formula is C12H27ClN2O3S. The van der Waals surface area contributed by atoms with E-state index in [9.17, 15) is 13.2 Å². The van der Waals surface area contributed by atoms with E-state index in [-0.39, 0.29) is 47.8 Å². The fourth-order valence-electron chi connectivity index (χ4n) is 1.75. The van der Waals surface area contributed by atoms with E-state index >= 15 is 0 Å². The van der Waals surface area contributed by atoms with Crippen LogP contribution in [-0.2, 0) is 14.6 Å². The van der Waals surface area contributed by atoms with Crippen molar-refractivity contribution in [2.24, 2.45) is 11.7 Å². The normalized spacial score (nSPS) is 16.1. The molecule has 2 N–H and O–H groups in total. The molecule has 0 rings (SSSR count). The summed E-state index contributed by atoms with van der Waals surface area (Å²) in [5.41, 5.74) is 5.72. The van der Waals surface area contributed by atoms with Gasteiger partial charge in [-0.2, -0.15) is 0 Å². The largest absolute Gasteiger partial charge is 0.339 e. The molecule has 0 fully saturated rings. The molecule has 0 saturated carbocycles. The summed E-state index contributed by atoms with van der Waals surface area (Å²) in [7, 11) is -3.08. The van der Waals surface area contributed by atoms with Crippen molar-refractivity contribution in [3.8, 4) is 0 Å². The second-order valence-electron chi connectivity index (χ2n) is 4.82. The number of nitrogens with zero attached hydrogens (tertiary/aromatic N) is 1. The molecule has 7 heteroatoms. The van der Waals surface area contributed by atoms with Crippen molar-refractivity contribution in [2.45, 2.75) is 46.7 Å². The van der Waals surface area contributed by atoms with E-state index in [0.29, 0.717) is 6.54 Å². The predicted octanol–water partition coefficient (Wildman–Crippen LogP) is 1.06. The third kappa shape index (κ3) is 6.58. The lowest BCUT2D eigenvalue weighted by Gasteiger charge is -2.31. The Morgan fingerprint density at radius 3 is 2.00 bits per heavy atom. The van der Waals surface area contributed by atoms with Crippen LogP contribution in [0.1, 0.15) is 34.6 Å². The molecule has 5 nitrogen and oxygen atoms in total. The topological polar surface area (TPSA) is 80.5 Å². The SMILES string of the molecule is CCN(C(=O)C(C)C(C)N)C(C)CS(=O)(=O)CC.Cl. The molecule has 0 bridgehead atoms. The molecular weight excluding hydrogens is 288 g/mol. The van der Waals surface area contributed by atoms with Gasteiger partial charge in [0, 0.05) is 24.4 Å². The molecule has 1 amide bonds. The first-order chi connectivity index (χ1) is 8.16. The first-order valence-electron chi connectivity index (χ1n) is 6.42. The summed E-state index contributed by atoms with van der Waals surface area (Å²) in [6, 6.07) is -0.546. The average Bonchev–Trinajstić information content (AvgIpc) is 2.27. The monoisotopic (exact) mass is 314 g/mol. The van der Waals surface area contributed by atoms with Gasteiger partial charge in [-0.3, -0.25) is 4.79 Å². The van der Waals surface area contributed by atoms with Crippen LogP contribution in [0.15, 0.2) is 0 Å². The first-order valence-corrected chi connectivity index (χ1v) is 8.24. The molecule has 19 heavy (non-hydrogen) atoms. The van der Waals surface area contributed by atoms with E-state index in [0.717, 1.165) is 0 Å². The lowest BCUT2D eigenvalue weighted by atomic mass is 10.0. The maximum atomic E-state index is 12.2. The highest BCUT2D eigenvalue weighted by Crippen LogP contribution is 2.11. The van der Waals surface area contributed by atoms with Crippen LogP contribution in [0.3, 0.4) is 0 Å². The lowest BCUT2D eigenvalue weighted by molar-refractivity contribution is -0.136. The number of halogens is 1. The number of hydrogen-bond donors (Lipinski definition) is 1. The highest BCUT2D eigenvalue weighted by molar-refractivity contribution is 7.91. The Morgan fingerprint density at radius 1 is 1.21 bits per heavy atom. The Bertz CT molecular complexity index is 371. The van der Waals surface area contributed by atoms with Crippen LogP contribution in [0.25, 0.3) is 0 Å². The van der Waals surface area contributed by atoms with E-state index in [2.05, 4.69) is 0 Å². The Kier molecular flexibility index (Phi) is 9.68. The van der Waals surface area contributed by atoms with Gasteiger partial charge in [0.05, 0.1) is 11.7 Å². The number of nitrogens with two attached hydrogens (primary N) is 1. The Labute approximate surface area is 123 Å². The van der Waals surface area contributed by atoms with Gasteiger partial charge >= 0.3 is 0 Å². The molecule has 0 aliphatic heterocycles. The number of carbonyl (C=O) groups is 1. The van der Waals surface area contributed by atoms with Gasteiger partial charge in [-0.15, -0.1) is 12.4 Å². The van der Waals surface area contributed by atoms with Crippen molar-refractivity contribution in [1.29, 1.82) is 0 Å². The Balaban J connectivity index is 0. The Morgan fingerprint density at radius 2 is 1.68 bits per heavy atom. The average molecular weight is 315 g/mol. The van der Waals surface area contributed by atoms with Crippen LogP contribution < -0.4 is 5.73 Å². The van der Waals surface area contributed by atoms with Crippen LogP contribution in [0, 0.1) is 5.92 Å². The molecule has 0 radical (unpaired) electrons. The summed E-state index contributed by atoms with van der Waals surface area (Å²) in [4.78, 5) is 13.8. The number of hydrogen-bond acceptors (Lipinski definition) is 4. The fourth-order valence-corrected chi connectivity index (χ4v) is 2.90. The van der Waals surface area contributed by atoms with Crippen LogP contribution in [-0.4, -0.2) is 49.4 Å². The van der Waals surface area contributed by atoms with Crippen molar-refractivity contribution >= 4 is 28.2 Å². The summed E-state index contributed by atoms with van der Waals surface area (Å²) in [5.74, 6) is -0.260. The molecule has 0 aliphatic carbocycles. The second-order valence-corrected chi connectivity index (χ2v) is 7.22. The van der Waals surface area contributed by atoms with Crippen molar-refractivity contribution in [3.63, 3.8) is 0 Å². The van der Waals surface area contributed by atoms with Gasteiger partial charge in [0.25, 0.3) is 0 Å². The van der Waals surface area contributed by atoms with Gasteiger partial charge in [0.1, 0.15) is 0 Å². The standard InChI is InChI=1S/C12H26N2O3S.ClH/c1-6-14(12(15)10(4)11(5)13)9(3)8-18(16,17)7-2;/h9-11H,6-8,13H2,1-5H3;1H. The van der Waals surface area contributed by atoms with E-state index < -0.39 is 9.84 Å². The smallest absolute Gasteiger partial charge is 0.227 e. The zero-order valence-electron chi connectivity index (χ0n) is 12.4. The maximum absolute atomic E-state index is 12.2. The number of rotatable bonds is 7. The first kappa shape index (κ1) is 21.0. The van der Waals surface area contributed by atoms with Crippen molar-refractivity contribution < 1.29 is 13.2 Å². The summed E-state index contributed by atoms with van der Waals surface area (Å²) in [5, 5.41) is 0. The third-order valence-corrected chi connectivity index (χ3v) is 5.14. The van der Waals surface area contributed by atoms with Crippen LogP contribution in [0.5, 0.6) is 0 Å². The van der Waals surface area contributed by atoms with E-state index in [1.165, 1.54) is 0 Å². The highest BCUT2D eigenvalue weighted by Gasteiger charge is 2.27. The minimum absolute atomic E-state index is 0. The van der Waals surface area contributed by atoms with Gasteiger partial charge in [-0.05, 0) is 20.8 Å². The van der Waals surface area contributed by atoms with Gasteiger partial charge in [0.2, 0.25) is 5.91 Å². The minimum atomic E-state index is -3.08. The van der Waals surface area contributed by atoms with E-state index in [4.69, 9.17) is 5.73 Å². The zero-order valence-corrected chi connectivity index (χ0v) is 14.1. The number of sulfone groups is 1. The number of amides is 1. The molecule has 3 atom stereocenters. The molecule has 0 aliphatic rings. The van der Waals surface area contributed by atoms with E-state index in [1.807, 2.05) is 6.92 Å². The predicted molar refractivity (Wildman–Crippen MR) is 81.2 cm³/mol. The summed E-state index contributed by atoms with van der Waals surface area (Å²) in [6.07, 6.45) is 0. The third-order valence-electron chi connectivity index (χ3n) is 3.27. The van der Waals surface area contributed by atoms with Crippen molar-refractivity contribution in [3.05, 3.63) is 0 Å². The van der Waals surface area contributed by atoms with Crippen molar-refractivity contribution in [1.82, 2.24) is 4.90 Å². The summed E-state index contributed by atoms with van der Waals surface area (Å²) >= 11 is 0. The maximum Gasteiger partial charge on any atom is 0.227 e. The van der Waals surface area contributed by atoms with Gasteiger partial charge in [-0.1, -0.05) is 13.8 Å². The minimum Gasteiger partial charge on any atom is -0.339 e. The molecule has 0 heterocycles. The van der Waals surface area contributed by atoms with Gasteiger partial charge in [-0.25, -0.2) is 8.42 Å².